The molecule has 0 spiro atoms. The summed E-state index contributed by atoms with van der Waals surface area (Å²) in [5.41, 5.74) is 2.64. The van der Waals surface area contributed by atoms with Crippen molar-refractivity contribution in [3.63, 3.8) is 0 Å². The summed E-state index contributed by atoms with van der Waals surface area (Å²) < 4.78 is 1.88. The first-order valence-electron chi connectivity index (χ1n) is 7.45. The Balaban J connectivity index is 2.00. The maximum absolute atomic E-state index is 12.3. The van der Waals surface area contributed by atoms with Gasteiger partial charge in [0, 0.05) is 11.9 Å². The minimum absolute atomic E-state index is 0.0715. The van der Waals surface area contributed by atoms with Gasteiger partial charge in [0.1, 0.15) is 6.04 Å². The van der Waals surface area contributed by atoms with Crippen molar-refractivity contribution in [1.29, 1.82) is 0 Å². The van der Waals surface area contributed by atoms with Gasteiger partial charge in [0.2, 0.25) is 5.91 Å². The van der Waals surface area contributed by atoms with E-state index in [4.69, 9.17) is 0 Å². The molecule has 1 aromatic carbocycles. The number of nitrogens with zero attached hydrogens (tertiary/aromatic N) is 2. The minimum Gasteiger partial charge on any atom is -0.371 e. The number of aromatic nitrogens is 2. The molecule has 0 saturated carbocycles. The van der Waals surface area contributed by atoms with Gasteiger partial charge >= 0.3 is 0 Å². The van der Waals surface area contributed by atoms with Crippen LogP contribution in [0.3, 0.4) is 0 Å². The van der Waals surface area contributed by atoms with E-state index >= 15 is 0 Å². The Morgan fingerprint density at radius 3 is 2.55 bits per heavy atom. The van der Waals surface area contributed by atoms with Crippen molar-refractivity contribution in [3.8, 4) is 0 Å². The summed E-state index contributed by atoms with van der Waals surface area (Å²) in [5.74, 6) is -0.0715. The number of hydrogen-bond donors (Lipinski definition) is 2. The van der Waals surface area contributed by atoms with Crippen LogP contribution in [0.15, 0.2) is 36.7 Å². The second-order valence-electron chi connectivity index (χ2n) is 6.51. The van der Waals surface area contributed by atoms with Crippen LogP contribution in [-0.4, -0.2) is 21.7 Å². The molecule has 0 aliphatic rings. The molecule has 0 saturated heterocycles. The Morgan fingerprint density at radius 2 is 1.95 bits per heavy atom. The Morgan fingerprint density at radius 1 is 1.27 bits per heavy atom. The van der Waals surface area contributed by atoms with E-state index in [9.17, 15) is 4.79 Å². The van der Waals surface area contributed by atoms with Gasteiger partial charge in [-0.2, -0.15) is 5.10 Å². The van der Waals surface area contributed by atoms with Crippen LogP contribution in [0.5, 0.6) is 0 Å². The van der Waals surface area contributed by atoms with Gasteiger partial charge < -0.3 is 10.6 Å². The van der Waals surface area contributed by atoms with Crippen LogP contribution in [0, 0.1) is 6.92 Å². The lowest BCUT2D eigenvalue weighted by molar-refractivity contribution is -0.116. The highest BCUT2D eigenvalue weighted by Crippen LogP contribution is 2.17. The fourth-order valence-electron chi connectivity index (χ4n) is 2.03. The lowest BCUT2D eigenvalue weighted by Crippen LogP contribution is -2.32. The number of anilines is 2. The number of hydrogen-bond acceptors (Lipinski definition) is 3. The third kappa shape index (κ3) is 3.87. The smallest absolute Gasteiger partial charge is 0.246 e. The molecule has 0 aliphatic heterocycles. The third-order valence-corrected chi connectivity index (χ3v) is 3.45. The molecule has 0 aliphatic carbocycles. The van der Waals surface area contributed by atoms with E-state index in [0.717, 1.165) is 16.9 Å². The molecule has 118 valence electrons. The first-order valence-corrected chi connectivity index (χ1v) is 7.45. The number of carbonyl (C=O) groups is 1. The molecular weight excluding hydrogens is 276 g/mol. The van der Waals surface area contributed by atoms with E-state index in [1.807, 2.05) is 49.0 Å². The molecule has 2 rings (SSSR count). The lowest BCUT2D eigenvalue weighted by Gasteiger charge is -2.19. The topological polar surface area (TPSA) is 59.0 Å². The van der Waals surface area contributed by atoms with Crippen molar-refractivity contribution in [2.75, 3.05) is 10.6 Å². The van der Waals surface area contributed by atoms with Crippen LogP contribution in [0.1, 0.15) is 33.3 Å². The summed E-state index contributed by atoms with van der Waals surface area (Å²) in [6.45, 7) is 10.1. The summed E-state index contributed by atoms with van der Waals surface area (Å²) in [4.78, 5) is 12.3. The van der Waals surface area contributed by atoms with E-state index in [2.05, 4.69) is 36.5 Å². The molecule has 0 bridgehead atoms. The molecule has 0 unspecified atom stereocenters. The minimum atomic E-state index is -0.350. The number of nitrogens with one attached hydrogen (secondary N) is 2. The fraction of sp³-hybridized carbons (Fsp3) is 0.412. The van der Waals surface area contributed by atoms with Crippen molar-refractivity contribution in [2.24, 2.45) is 0 Å². The zero-order valence-corrected chi connectivity index (χ0v) is 13.8. The Hall–Kier alpha value is -2.30. The zero-order chi connectivity index (χ0) is 16.3. The van der Waals surface area contributed by atoms with Crippen LogP contribution in [0.25, 0.3) is 0 Å². The second-order valence-corrected chi connectivity index (χ2v) is 6.51. The first kappa shape index (κ1) is 16.1. The molecule has 22 heavy (non-hydrogen) atoms. The van der Waals surface area contributed by atoms with Crippen LogP contribution < -0.4 is 10.6 Å². The molecule has 2 N–H and O–H groups in total. The highest BCUT2D eigenvalue weighted by atomic mass is 16.2. The maximum atomic E-state index is 12.3. The van der Waals surface area contributed by atoms with Crippen LogP contribution >= 0.6 is 0 Å². The van der Waals surface area contributed by atoms with Gasteiger partial charge in [-0.3, -0.25) is 9.48 Å². The number of carbonyl (C=O) groups excluding carboxylic acids is 1. The van der Waals surface area contributed by atoms with Crippen LogP contribution in [0.2, 0.25) is 0 Å². The van der Waals surface area contributed by atoms with Gasteiger partial charge in [0.15, 0.2) is 0 Å². The summed E-state index contributed by atoms with van der Waals surface area (Å²) in [5, 5.41) is 10.4. The average molecular weight is 300 g/mol. The van der Waals surface area contributed by atoms with Gasteiger partial charge in [0.25, 0.3) is 0 Å². The number of benzene rings is 1. The highest BCUT2D eigenvalue weighted by Gasteiger charge is 2.17. The lowest BCUT2D eigenvalue weighted by atomic mass is 10.1. The van der Waals surface area contributed by atoms with Gasteiger partial charge in [-0.05, 0) is 46.2 Å². The van der Waals surface area contributed by atoms with Crippen molar-refractivity contribution < 1.29 is 4.79 Å². The molecule has 5 nitrogen and oxygen atoms in total. The van der Waals surface area contributed by atoms with Crippen LogP contribution in [-0.2, 0) is 10.3 Å². The van der Waals surface area contributed by atoms with Gasteiger partial charge in [-0.15, -0.1) is 0 Å². The fourth-order valence-corrected chi connectivity index (χ4v) is 2.03. The molecule has 1 atom stereocenters. The number of amides is 1. The van der Waals surface area contributed by atoms with Crippen molar-refractivity contribution >= 4 is 17.3 Å². The normalized spacial score (nSPS) is 12.8. The molecule has 0 fully saturated rings. The predicted molar refractivity (Wildman–Crippen MR) is 90.1 cm³/mol. The SMILES string of the molecule is Cc1ccccc1NC(=O)[C@H](C)Nc1cnn(C(C)(C)C)c1. The Labute approximate surface area is 131 Å². The van der Waals surface area contributed by atoms with Crippen molar-refractivity contribution in [2.45, 2.75) is 46.2 Å². The monoisotopic (exact) mass is 300 g/mol. The largest absolute Gasteiger partial charge is 0.371 e. The van der Waals surface area contributed by atoms with E-state index in [0.29, 0.717) is 0 Å². The highest BCUT2D eigenvalue weighted by molar-refractivity contribution is 5.96. The number of para-hydroxylation sites is 1. The van der Waals surface area contributed by atoms with Crippen LogP contribution in [0.4, 0.5) is 11.4 Å². The Kier molecular flexibility index (Phi) is 4.54. The summed E-state index contributed by atoms with van der Waals surface area (Å²) in [7, 11) is 0. The predicted octanol–water partition coefficient (Wildman–Crippen LogP) is 3.39. The summed E-state index contributed by atoms with van der Waals surface area (Å²) in [6, 6.07) is 7.39. The molecule has 5 heteroatoms. The number of rotatable bonds is 4. The number of aryl methyl sites for hydroxylation is 1. The average Bonchev–Trinajstić information content (AvgIpc) is 2.89. The molecule has 1 heterocycles. The molecule has 2 aromatic rings. The van der Waals surface area contributed by atoms with Crippen molar-refractivity contribution in [3.05, 3.63) is 42.2 Å². The first-order chi connectivity index (χ1) is 10.3. The quantitative estimate of drug-likeness (QED) is 0.910. The molecule has 0 radical (unpaired) electrons. The Bertz CT molecular complexity index is 655. The second kappa shape index (κ2) is 6.22. The third-order valence-electron chi connectivity index (χ3n) is 3.45. The van der Waals surface area contributed by atoms with Crippen molar-refractivity contribution in [1.82, 2.24) is 9.78 Å². The molecular formula is C17H24N4O. The van der Waals surface area contributed by atoms with Gasteiger partial charge in [-0.1, -0.05) is 18.2 Å². The molecule has 1 amide bonds. The maximum Gasteiger partial charge on any atom is 0.246 e. The van der Waals surface area contributed by atoms with Gasteiger partial charge in [-0.25, -0.2) is 0 Å². The van der Waals surface area contributed by atoms with E-state index in [-0.39, 0.29) is 17.5 Å². The molecule has 1 aromatic heterocycles. The summed E-state index contributed by atoms with van der Waals surface area (Å²) >= 11 is 0. The van der Waals surface area contributed by atoms with E-state index in [1.54, 1.807) is 6.20 Å². The zero-order valence-electron chi connectivity index (χ0n) is 13.8. The van der Waals surface area contributed by atoms with E-state index in [1.165, 1.54) is 0 Å². The summed E-state index contributed by atoms with van der Waals surface area (Å²) in [6.07, 6.45) is 3.65. The van der Waals surface area contributed by atoms with Gasteiger partial charge in [0.05, 0.1) is 17.4 Å². The van der Waals surface area contributed by atoms with E-state index < -0.39 is 0 Å². The standard InChI is InChI=1S/C17H24N4O/c1-12-8-6-7-9-15(12)20-16(22)13(2)19-14-10-18-21(11-14)17(3,4)5/h6-11,13,19H,1-5H3,(H,20,22)/t13-/m0/s1.